The van der Waals surface area contributed by atoms with Crippen LogP contribution in [-0.2, 0) is 32.6 Å². The minimum atomic E-state index is -3.78. The average Bonchev–Trinajstić information content (AvgIpc) is 2.85. The van der Waals surface area contributed by atoms with Crippen molar-refractivity contribution >= 4 is 50.1 Å². The van der Waals surface area contributed by atoms with Gasteiger partial charge in [0.2, 0.25) is 21.8 Å². The molecule has 7 nitrogen and oxygen atoms in total. The zero-order valence-electron chi connectivity index (χ0n) is 22.1. The summed E-state index contributed by atoms with van der Waals surface area (Å²) < 4.78 is 27.6. The van der Waals surface area contributed by atoms with E-state index < -0.39 is 28.5 Å². The van der Waals surface area contributed by atoms with Gasteiger partial charge in [-0.15, -0.1) is 0 Å². The van der Waals surface area contributed by atoms with Crippen molar-refractivity contribution in [3.8, 4) is 0 Å². The summed E-state index contributed by atoms with van der Waals surface area (Å²) >= 11 is 2.14. The Balaban J connectivity index is 2.06. The Bertz CT molecular complexity index is 1350. The molecule has 9 heteroatoms. The minimum absolute atomic E-state index is 0.129. The van der Waals surface area contributed by atoms with Crippen molar-refractivity contribution in [2.75, 3.05) is 17.1 Å². The van der Waals surface area contributed by atoms with Crippen molar-refractivity contribution in [2.24, 2.45) is 0 Å². The highest BCUT2D eigenvalue weighted by Gasteiger charge is 2.33. The Morgan fingerprint density at radius 1 is 0.921 bits per heavy atom. The Hall–Kier alpha value is -2.92. The normalized spacial score (nSPS) is 12.2. The maximum absolute atomic E-state index is 14.0. The van der Waals surface area contributed by atoms with E-state index in [4.69, 9.17) is 0 Å². The van der Waals surface area contributed by atoms with Gasteiger partial charge in [0.1, 0.15) is 12.6 Å². The molecule has 202 valence electrons. The van der Waals surface area contributed by atoms with Crippen molar-refractivity contribution < 1.29 is 18.0 Å². The van der Waals surface area contributed by atoms with Gasteiger partial charge in [0.05, 0.1) is 11.9 Å². The van der Waals surface area contributed by atoms with E-state index >= 15 is 0 Å². The van der Waals surface area contributed by atoms with Gasteiger partial charge in [0.25, 0.3) is 0 Å². The second-order valence-electron chi connectivity index (χ2n) is 9.56. The number of carbonyl (C=O) groups excluding carboxylic acids is 2. The predicted octanol–water partition coefficient (Wildman–Crippen LogP) is 4.53. The lowest BCUT2D eigenvalue weighted by atomic mass is 10.0. The topological polar surface area (TPSA) is 86.8 Å². The lowest BCUT2D eigenvalue weighted by Crippen LogP contribution is -2.54. The molecule has 0 aliphatic heterocycles. The third kappa shape index (κ3) is 8.29. The van der Waals surface area contributed by atoms with E-state index in [1.54, 1.807) is 24.3 Å². The second kappa shape index (κ2) is 13.2. The molecule has 0 spiro atoms. The zero-order chi connectivity index (χ0) is 27.9. The molecule has 38 heavy (non-hydrogen) atoms. The van der Waals surface area contributed by atoms with Crippen LogP contribution in [0.25, 0.3) is 0 Å². The number of sulfonamides is 1. The van der Waals surface area contributed by atoms with Crippen LogP contribution in [-0.4, -0.2) is 50.0 Å². The number of rotatable bonds is 11. The molecular weight excluding hydrogens is 613 g/mol. The third-order valence-electron chi connectivity index (χ3n) is 6.10. The molecule has 0 heterocycles. The molecule has 3 aromatic rings. The number of nitrogens with zero attached hydrogens (tertiary/aromatic N) is 2. The van der Waals surface area contributed by atoms with Gasteiger partial charge >= 0.3 is 0 Å². The van der Waals surface area contributed by atoms with E-state index in [1.165, 1.54) is 4.90 Å². The smallest absolute Gasteiger partial charge is 0.244 e. The molecule has 0 aliphatic rings. The van der Waals surface area contributed by atoms with Gasteiger partial charge in [-0.1, -0.05) is 54.6 Å². The predicted molar refractivity (Wildman–Crippen MR) is 160 cm³/mol. The number of carbonyl (C=O) groups is 2. The van der Waals surface area contributed by atoms with Crippen LogP contribution in [0.1, 0.15) is 30.5 Å². The summed E-state index contributed by atoms with van der Waals surface area (Å²) in [5.74, 6) is -0.747. The molecule has 0 bridgehead atoms. The van der Waals surface area contributed by atoms with E-state index in [2.05, 4.69) is 27.9 Å². The molecule has 1 atom stereocenters. The highest BCUT2D eigenvalue weighted by molar-refractivity contribution is 14.1. The summed E-state index contributed by atoms with van der Waals surface area (Å²) in [6, 6.07) is 23.1. The first-order chi connectivity index (χ1) is 18.0. The fraction of sp³-hybridized carbons (Fsp3) is 0.310. The minimum Gasteiger partial charge on any atom is -0.352 e. The highest BCUT2D eigenvalue weighted by Crippen LogP contribution is 2.22. The van der Waals surface area contributed by atoms with Gasteiger partial charge < -0.3 is 10.2 Å². The fourth-order valence-corrected chi connectivity index (χ4v) is 5.34. The molecule has 3 aromatic carbocycles. The van der Waals surface area contributed by atoms with Crippen LogP contribution in [0, 0.1) is 10.5 Å². The van der Waals surface area contributed by atoms with E-state index in [-0.39, 0.29) is 18.5 Å². The average molecular weight is 648 g/mol. The van der Waals surface area contributed by atoms with Crippen LogP contribution in [0.3, 0.4) is 0 Å². The van der Waals surface area contributed by atoms with Gasteiger partial charge in [0, 0.05) is 22.6 Å². The molecule has 0 aromatic heterocycles. The summed E-state index contributed by atoms with van der Waals surface area (Å²) in [6.07, 6.45) is 1.37. The number of anilines is 1. The lowest BCUT2D eigenvalue weighted by molar-refractivity contribution is -0.140. The van der Waals surface area contributed by atoms with E-state index in [9.17, 15) is 18.0 Å². The van der Waals surface area contributed by atoms with E-state index in [0.717, 1.165) is 30.8 Å². The molecule has 0 unspecified atom stereocenters. The third-order valence-corrected chi connectivity index (χ3v) is 7.96. The van der Waals surface area contributed by atoms with E-state index in [1.807, 2.05) is 75.4 Å². The zero-order valence-corrected chi connectivity index (χ0v) is 25.1. The number of nitrogens with one attached hydrogen (secondary N) is 1. The maximum atomic E-state index is 14.0. The first-order valence-corrected chi connectivity index (χ1v) is 15.3. The van der Waals surface area contributed by atoms with Gasteiger partial charge in [-0.3, -0.25) is 13.9 Å². The summed E-state index contributed by atoms with van der Waals surface area (Å²) in [4.78, 5) is 29.1. The number of aryl methyl sites for hydroxylation is 1. The summed E-state index contributed by atoms with van der Waals surface area (Å²) in [6.45, 7) is 5.43. The van der Waals surface area contributed by atoms with Crippen LogP contribution in [0.2, 0.25) is 0 Å². The van der Waals surface area contributed by atoms with Gasteiger partial charge in [-0.25, -0.2) is 8.42 Å². The largest absolute Gasteiger partial charge is 0.352 e. The van der Waals surface area contributed by atoms with Crippen LogP contribution < -0.4 is 9.62 Å². The number of amides is 2. The SMILES string of the molecule is Cc1ccccc1CN(C(=O)CN(c1ccc(I)cc1)S(C)(=O)=O)[C@H](Cc1ccccc1)C(=O)NC(C)C. The second-order valence-corrected chi connectivity index (χ2v) is 12.7. The van der Waals surface area contributed by atoms with Crippen molar-refractivity contribution in [1.82, 2.24) is 10.2 Å². The van der Waals surface area contributed by atoms with Crippen molar-refractivity contribution in [1.29, 1.82) is 0 Å². The first kappa shape index (κ1) is 29.6. The maximum Gasteiger partial charge on any atom is 0.244 e. The first-order valence-electron chi connectivity index (χ1n) is 12.4. The molecular formula is C29H34IN3O4S. The Labute approximate surface area is 239 Å². The standard InChI is InChI=1S/C29H34IN3O4S/c1-21(2)31-29(35)27(18-23-11-6-5-7-12-23)32(19-24-13-9-8-10-22(24)3)28(34)20-33(38(4,36)37)26-16-14-25(30)15-17-26/h5-17,21,27H,18-20H2,1-4H3,(H,31,35)/t27-/m1/s1. The Morgan fingerprint density at radius 3 is 2.11 bits per heavy atom. The van der Waals surface area contributed by atoms with Crippen molar-refractivity contribution in [3.63, 3.8) is 0 Å². The number of hydrogen-bond acceptors (Lipinski definition) is 4. The van der Waals surface area contributed by atoms with Crippen LogP contribution in [0.4, 0.5) is 5.69 Å². The molecule has 3 rings (SSSR count). The summed E-state index contributed by atoms with van der Waals surface area (Å²) in [5, 5.41) is 2.95. The van der Waals surface area contributed by atoms with Gasteiger partial charge in [-0.2, -0.15) is 0 Å². The molecule has 0 radical (unpaired) electrons. The van der Waals surface area contributed by atoms with Crippen LogP contribution in [0.15, 0.2) is 78.9 Å². The number of benzene rings is 3. The molecule has 0 aliphatic carbocycles. The molecule has 0 saturated carbocycles. The summed E-state index contributed by atoms with van der Waals surface area (Å²) in [7, 11) is -3.78. The quantitative estimate of drug-likeness (QED) is 0.310. The molecule has 2 amide bonds. The van der Waals surface area contributed by atoms with Gasteiger partial charge in [-0.05, 0) is 84.3 Å². The Kier molecular flexibility index (Phi) is 10.3. The molecule has 0 fully saturated rings. The number of halogens is 1. The molecule has 1 N–H and O–H groups in total. The Morgan fingerprint density at radius 2 is 1.53 bits per heavy atom. The van der Waals surface area contributed by atoms with E-state index in [0.29, 0.717) is 12.1 Å². The van der Waals surface area contributed by atoms with Crippen molar-refractivity contribution in [3.05, 3.63) is 99.1 Å². The lowest BCUT2D eigenvalue weighted by Gasteiger charge is -2.34. The summed E-state index contributed by atoms with van der Waals surface area (Å²) in [5.41, 5.74) is 3.15. The monoisotopic (exact) mass is 647 g/mol. The van der Waals surface area contributed by atoms with Crippen LogP contribution >= 0.6 is 22.6 Å². The highest BCUT2D eigenvalue weighted by atomic mass is 127. The van der Waals surface area contributed by atoms with Gasteiger partial charge in [0.15, 0.2) is 0 Å². The number of hydrogen-bond donors (Lipinski definition) is 1. The van der Waals surface area contributed by atoms with Crippen LogP contribution in [0.5, 0.6) is 0 Å². The molecule has 0 saturated heterocycles. The fourth-order valence-electron chi connectivity index (χ4n) is 4.13. The van der Waals surface area contributed by atoms with Crippen molar-refractivity contribution in [2.45, 2.75) is 45.8 Å².